The van der Waals surface area contributed by atoms with E-state index in [0.717, 1.165) is 12.1 Å². The summed E-state index contributed by atoms with van der Waals surface area (Å²) in [6, 6.07) is -0.263. The molecule has 4 nitrogen and oxygen atoms in total. The van der Waals surface area contributed by atoms with Gasteiger partial charge in [0.15, 0.2) is 11.6 Å². The Morgan fingerprint density at radius 3 is 2.68 bits per heavy atom. The van der Waals surface area contributed by atoms with Gasteiger partial charge in [-0.3, -0.25) is 0 Å². The van der Waals surface area contributed by atoms with Gasteiger partial charge in [0.2, 0.25) is 0 Å². The van der Waals surface area contributed by atoms with Crippen molar-refractivity contribution in [3.8, 4) is 5.75 Å². The second-order valence-corrected chi connectivity index (χ2v) is 4.47. The van der Waals surface area contributed by atoms with Crippen molar-refractivity contribution in [2.24, 2.45) is 5.73 Å². The van der Waals surface area contributed by atoms with Crippen molar-refractivity contribution in [2.45, 2.75) is 18.9 Å². The number of aromatic hydroxyl groups is 1. The molecule has 19 heavy (non-hydrogen) atoms. The number of phenols is 1. The maximum absolute atomic E-state index is 13.7. The Hall–Kier alpha value is -1.28. The van der Waals surface area contributed by atoms with E-state index in [4.69, 9.17) is 5.73 Å². The molecule has 1 atom stereocenters. The predicted octanol–water partition coefficient (Wildman–Crippen LogP) is 2.49. The highest BCUT2D eigenvalue weighted by molar-refractivity contribution is 9.10. The van der Waals surface area contributed by atoms with Gasteiger partial charge >= 0.3 is 11.9 Å². The molecule has 0 radical (unpaired) electrons. The van der Waals surface area contributed by atoms with Crippen LogP contribution in [0, 0.1) is 5.82 Å². The van der Waals surface area contributed by atoms with Crippen LogP contribution in [0.25, 0.3) is 0 Å². The minimum Gasteiger partial charge on any atom is -0.505 e. The van der Waals surface area contributed by atoms with Gasteiger partial charge in [-0.25, -0.2) is 9.18 Å². The van der Waals surface area contributed by atoms with Crippen molar-refractivity contribution in [1.29, 1.82) is 0 Å². The number of hydrogen-bond donors (Lipinski definition) is 2. The highest BCUT2D eigenvalue weighted by atomic mass is 79.9. The van der Waals surface area contributed by atoms with Gasteiger partial charge in [-0.15, -0.1) is 0 Å². The Bertz CT molecular complexity index is 496. The second kappa shape index (κ2) is 5.79. The van der Waals surface area contributed by atoms with Crippen molar-refractivity contribution >= 4 is 21.9 Å². The Balaban J connectivity index is 3.23. The third kappa shape index (κ3) is 3.01. The summed E-state index contributed by atoms with van der Waals surface area (Å²) >= 11 is 2.87. The van der Waals surface area contributed by atoms with Crippen LogP contribution in [0.5, 0.6) is 5.75 Å². The van der Waals surface area contributed by atoms with Crippen molar-refractivity contribution in [2.75, 3.05) is 6.61 Å². The Morgan fingerprint density at radius 2 is 2.16 bits per heavy atom. The van der Waals surface area contributed by atoms with Crippen LogP contribution in [-0.4, -0.2) is 23.6 Å². The Labute approximate surface area is 115 Å². The van der Waals surface area contributed by atoms with Gasteiger partial charge in [0.25, 0.3) is 0 Å². The first kappa shape index (κ1) is 15.8. The summed E-state index contributed by atoms with van der Waals surface area (Å²) in [4.78, 5) is 11.1. The second-order valence-electron chi connectivity index (χ2n) is 3.61. The first-order chi connectivity index (χ1) is 8.73. The molecular weight excluding hydrogens is 331 g/mol. The molecule has 0 saturated heterocycles. The molecular formula is C11H11BrF3NO3. The van der Waals surface area contributed by atoms with E-state index in [0.29, 0.717) is 0 Å². The van der Waals surface area contributed by atoms with Crippen LogP contribution < -0.4 is 5.73 Å². The fourth-order valence-corrected chi connectivity index (χ4v) is 1.95. The smallest absolute Gasteiger partial charge is 0.379 e. The number of halogens is 4. The SMILES string of the molecule is CCOC(=O)C(F)(F)[C@@H](N)c1c(Br)ccc(F)c1O. The quantitative estimate of drug-likeness (QED) is 0.825. The number of rotatable bonds is 4. The molecule has 8 heteroatoms. The van der Waals surface area contributed by atoms with E-state index in [9.17, 15) is 23.1 Å². The maximum atomic E-state index is 13.7. The number of ether oxygens (including phenoxy) is 1. The van der Waals surface area contributed by atoms with Gasteiger partial charge in [0.1, 0.15) is 6.04 Å². The topological polar surface area (TPSA) is 72.5 Å². The number of alkyl halides is 2. The zero-order chi connectivity index (χ0) is 14.8. The van der Waals surface area contributed by atoms with Crippen LogP contribution in [0.15, 0.2) is 16.6 Å². The van der Waals surface area contributed by atoms with Gasteiger partial charge in [0, 0.05) is 10.0 Å². The van der Waals surface area contributed by atoms with Crippen LogP contribution >= 0.6 is 15.9 Å². The molecule has 0 saturated carbocycles. The van der Waals surface area contributed by atoms with Gasteiger partial charge < -0.3 is 15.6 Å². The third-order valence-corrected chi connectivity index (χ3v) is 3.06. The Morgan fingerprint density at radius 1 is 1.58 bits per heavy atom. The molecule has 0 aliphatic rings. The summed E-state index contributed by atoms with van der Waals surface area (Å²) in [5.74, 6) is -8.08. The van der Waals surface area contributed by atoms with Crippen LogP contribution in [-0.2, 0) is 9.53 Å². The fraction of sp³-hybridized carbons (Fsp3) is 0.364. The maximum Gasteiger partial charge on any atom is 0.379 e. The molecule has 0 heterocycles. The molecule has 1 rings (SSSR count). The number of carbonyl (C=O) groups excluding carboxylic acids is 1. The van der Waals surface area contributed by atoms with Crippen molar-refractivity contribution in [1.82, 2.24) is 0 Å². The van der Waals surface area contributed by atoms with E-state index in [2.05, 4.69) is 20.7 Å². The number of phenolic OH excluding ortho intramolecular Hbond substituents is 1. The standard InChI is InChI=1S/C11H11BrF3NO3/c1-2-19-10(18)11(14,15)9(16)7-5(12)3-4-6(13)8(7)17/h3-4,9,17H,2,16H2,1H3/t9-/m0/s1. The predicted molar refractivity (Wildman–Crippen MR) is 64.3 cm³/mol. The normalized spacial score (nSPS) is 13.2. The van der Waals surface area contributed by atoms with E-state index in [1.807, 2.05) is 0 Å². The van der Waals surface area contributed by atoms with Crippen LogP contribution in [0.2, 0.25) is 0 Å². The van der Waals surface area contributed by atoms with Gasteiger partial charge in [-0.1, -0.05) is 15.9 Å². The minimum atomic E-state index is -4.09. The average Bonchev–Trinajstić information content (AvgIpc) is 2.34. The molecule has 0 bridgehead atoms. The van der Waals surface area contributed by atoms with Gasteiger partial charge in [-0.05, 0) is 19.1 Å². The number of benzene rings is 1. The van der Waals surface area contributed by atoms with Crippen molar-refractivity contribution in [3.63, 3.8) is 0 Å². The lowest BCUT2D eigenvalue weighted by Crippen LogP contribution is -2.42. The monoisotopic (exact) mass is 341 g/mol. The molecule has 106 valence electrons. The highest BCUT2D eigenvalue weighted by Crippen LogP contribution is 2.40. The van der Waals surface area contributed by atoms with Crippen molar-refractivity contribution < 1.29 is 27.8 Å². The number of hydrogen-bond acceptors (Lipinski definition) is 4. The van der Waals surface area contributed by atoms with E-state index in [1.54, 1.807) is 0 Å². The van der Waals surface area contributed by atoms with E-state index >= 15 is 0 Å². The largest absolute Gasteiger partial charge is 0.505 e. The fourth-order valence-electron chi connectivity index (χ4n) is 1.39. The number of esters is 1. The first-order valence-electron chi connectivity index (χ1n) is 5.20. The van der Waals surface area contributed by atoms with Gasteiger partial charge in [-0.2, -0.15) is 8.78 Å². The summed E-state index contributed by atoms with van der Waals surface area (Å²) in [5, 5.41) is 9.45. The average molecular weight is 342 g/mol. The molecule has 0 aliphatic carbocycles. The number of carbonyl (C=O) groups is 1. The van der Waals surface area contributed by atoms with E-state index < -0.39 is 35.1 Å². The summed E-state index contributed by atoms with van der Waals surface area (Å²) in [5.41, 5.74) is 4.67. The zero-order valence-corrected chi connectivity index (χ0v) is 11.4. The molecule has 0 amide bonds. The van der Waals surface area contributed by atoms with Crippen LogP contribution in [0.3, 0.4) is 0 Å². The Kier molecular flexibility index (Phi) is 4.81. The zero-order valence-electron chi connectivity index (χ0n) is 9.79. The molecule has 0 unspecified atom stereocenters. The molecule has 0 aliphatic heterocycles. The molecule has 0 spiro atoms. The van der Waals surface area contributed by atoms with Crippen LogP contribution in [0.4, 0.5) is 13.2 Å². The van der Waals surface area contributed by atoms with Gasteiger partial charge in [0.05, 0.1) is 6.61 Å². The van der Waals surface area contributed by atoms with Crippen molar-refractivity contribution in [3.05, 3.63) is 28.0 Å². The highest BCUT2D eigenvalue weighted by Gasteiger charge is 2.49. The minimum absolute atomic E-state index is 0.0390. The first-order valence-corrected chi connectivity index (χ1v) is 6.00. The summed E-state index contributed by atoms with van der Waals surface area (Å²) in [6.45, 7) is 1.10. The third-order valence-electron chi connectivity index (χ3n) is 2.36. The molecule has 1 aromatic carbocycles. The molecule has 1 aromatic rings. The lowest BCUT2D eigenvalue weighted by molar-refractivity contribution is -0.174. The summed E-state index contributed by atoms with van der Waals surface area (Å²) < 4.78 is 44.8. The summed E-state index contributed by atoms with van der Waals surface area (Å²) in [6.07, 6.45) is 0. The lowest BCUT2D eigenvalue weighted by Gasteiger charge is -2.23. The van der Waals surface area contributed by atoms with E-state index in [-0.39, 0.29) is 11.1 Å². The molecule has 0 fully saturated rings. The molecule has 3 N–H and O–H groups in total. The summed E-state index contributed by atoms with van der Waals surface area (Å²) in [7, 11) is 0. The van der Waals surface area contributed by atoms with Crippen LogP contribution in [0.1, 0.15) is 18.5 Å². The number of nitrogens with two attached hydrogens (primary N) is 1. The lowest BCUT2D eigenvalue weighted by atomic mass is 10.00. The molecule has 0 aromatic heterocycles. The van der Waals surface area contributed by atoms with E-state index in [1.165, 1.54) is 6.92 Å².